The standard InChI is InChI=1S/C7H4ClFO2/c8-7(11)5-2-1-4(10)3-6(5)9/h1-3,10H. The van der Waals surface area contributed by atoms with Crippen LogP contribution in [0.2, 0.25) is 0 Å². The van der Waals surface area contributed by atoms with Gasteiger partial charge in [-0.2, -0.15) is 0 Å². The van der Waals surface area contributed by atoms with Crippen molar-refractivity contribution >= 4 is 16.8 Å². The highest BCUT2D eigenvalue weighted by atomic mass is 35.5. The topological polar surface area (TPSA) is 37.3 Å². The Morgan fingerprint density at radius 1 is 1.55 bits per heavy atom. The molecule has 0 radical (unpaired) electrons. The summed E-state index contributed by atoms with van der Waals surface area (Å²) >= 11 is 5.00. The molecule has 11 heavy (non-hydrogen) atoms. The fourth-order valence-corrected chi connectivity index (χ4v) is 0.817. The number of benzene rings is 1. The summed E-state index contributed by atoms with van der Waals surface area (Å²) in [7, 11) is 0. The van der Waals surface area contributed by atoms with Crippen molar-refractivity contribution < 1.29 is 14.3 Å². The van der Waals surface area contributed by atoms with Crippen LogP contribution in [0, 0.1) is 5.82 Å². The highest BCUT2D eigenvalue weighted by Gasteiger charge is 2.08. The highest BCUT2D eigenvalue weighted by molar-refractivity contribution is 6.67. The maximum absolute atomic E-state index is 12.6. The molecule has 0 spiro atoms. The van der Waals surface area contributed by atoms with Gasteiger partial charge in [-0.15, -0.1) is 0 Å². The van der Waals surface area contributed by atoms with Gasteiger partial charge >= 0.3 is 0 Å². The molecule has 1 aromatic carbocycles. The van der Waals surface area contributed by atoms with Gasteiger partial charge in [-0.3, -0.25) is 4.79 Å². The van der Waals surface area contributed by atoms with Gasteiger partial charge < -0.3 is 5.11 Å². The van der Waals surface area contributed by atoms with Crippen LogP contribution in [0.25, 0.3) is 0 Å². The monoisotopic (exact) mass is 174 g/mol. The van der Waals surface area contributed by atoms with Crippen molar-refractivity contribution in [2.45, 2.75) is 0 Å². The molecule has 4 heteroatoms. The normalized spacial score (nSPS) is 9.64. The van der Waals surface area contributed by atoms with Crippen molar-refractivity contribution in [3.63, 3.8) is 0 Å². The first-order valence-corrected chi connectivity index (χ1v) is 3.17. The van der Waals surface area contributed by atoms with Gasteiger partial charge in [0.1, 0.15) is 11.6 Å². The molecule has 0 unspecified atom stereocenters. The molecular formula is C7H4ClFO2. The highest BCUT2D eigenvalue weighted by Crippen LogP contribution is 2.16. The maximum Gasteiger partial charge on any atom is 0.255 e. The Morgan fingerprint density at radius 2 is 2.18 bits per heavy atom. The Bertz CT molecular complexity index is 298. The second kappa shape index (κ2) is 2.88. The summed E-state index contributed by atoms with van der Waals surface area (Å²) in [6.45, 7) is 0. The molecule has 0 saturated heterocycles. The summed E-state index contributed by atoms with van der Waals surface area (Å²) in [5, 5.41) is 7.85. The van der Waals surface area contributed by atoms with Gasteiger partial charge in [-0.1, -0.05) is 0 Å². The number of phenolic OH excluding ortho intramolecular Hbond substituents is 1. The Morgan fingerprint density at radius 3 is 2.64 bits per heavy atom. The van der Waals surface area contributed by atoms with Crippen molar-refractivity contribution in [3.8, 4) is 5.75 Å². The average molecular weight is 175 g/mol. The van der Waals surface area contributed by atoms with Crippen LogP contribution in [-0.4, -0.2) is 10.3 Å². The van der Waals surface area contributed by atoms with E-state index in [1.807, 2.05) is 0 Å². The van der Waals surface area contributed by atoms with E-state index in [2.05, 4.69) is 0 Å². The quantitative estimate of drug-likeness (QED) is 0.661. The fraction of sp³-hybridized carbons (Fsp3) is 0. The van der Waals surface area contributed by atoms with Gasteiger partial charge in [0.25, 0.3) is 5.24 Å². The van der Waals surface area contributed by atoms with E-state index in [1.54, 1.807) is 0 Å². The Hall–Kier alpha value is -1.09. The minimum atomic E-state index is -0.873. The summed E-state index contributed by atoms with van der Waals surface area (Å²) < 4.78 is 12.6. The van der Waals surface area contributed by atoms with E-state index in [9.17, 15) is 9.18 Å². The Balaban J connectivity index is 3.20. The largest absolute Gasteiger partial charge is 0.508 e. The molecule has 1 aromatic rings. The van der Waals surface area contributed by atoms with E-state index in [4.69, 9.17) is 16.7 Å². The molecule has 0 aliphatic heterocycles. The lowest BCUT2D eigenvalue weighted by molar-refractivity contribution is 0.107. The number of phenols is 1. The van der Waals surface area contributed by atoms with Crippen molar-refractivity contribution in [3.05, 3.63) is 29.6 Å². The second-order valence-electron chi connectivity index (χ2n) is 1.94. The van der Waals surface area contributed by atoms with Crippen LogP contribution in [0.5, 0.6) is 5.75 Å². The van der Waals surface area contributed by atoms with E-state index < -0.39 is 11.1 Å². The van der Waals surface area contributed by atoms with Crippen molar-refractivity contribution in [2.75, 3.05) is 0 Å². The first-order valence-electron chi connectivity index (χ1n) is 2.79. The molecule has 58 valence electrons. The summed E-state index contributed by atoms with van der Waals surface area (Å²) in [6.07, 6.45) is 0. The van der Waals surface area contributed by atoms with E-state index >= 15 is 0 Å². The van der Waals surface area contributed by atoms with E-state index in [1.165, 1.54) is 6.07 Å². The van der Waals surface area contributed by atoms with Gasteiger partial charge in [0.05, 0.1) is 5.56 Å². The smallest absolute Gasteiger partial charge is 0.255 e. The molecule has 0 amide bonds. The van der Waals surface area contributed by atoms with Crippen molar-refractivity contribution in [1.82, 2.24) is 0 Å². The molecular weight excluding hydrogens is 171 g/mol. The van der Waals surface area contributed by atoms with E-state index in [-0.39, 0.29) is 11.3 Å². The van der Waals surface area contributed by atoms with Gasteiger partial charge in [0, 0.05) is 6.07 Å². The van der Waals surface area contributed by atoms with Gasteiger partial charge in [0.15, 0.2) is 0 Å². The summed E-state index contributed by atoms with van der Waals surface area (Å²) in [6, 6.07) is 3.15. The zero-order valence-electron chi connectivity index (χ0n) is 5.34. The molecule has 0 heterocycles. The van der Waals surface area contributed by atoms with Crippen LogP contribution < -0.4 is 0 Å². The molecule has 0 aliphatic carbocycles. The minimum absolute atomic E-state index is 0.232. The van der Waals surface area contributed by atoms with Gasteiger partial charge in [-0.25, -0.2) is 4.39 Å². The predicted molar refractivity (Wildman–Crippen MR) is 38.2 cm³/mol. The number of rotatable bonds is 1. The molecule has 0 atom stereocenters. The minimum Gasteiger partial charge on any atom is -0.508 e. The zero-order valence-corrected chi connectivity index (χ0v) is 6.10. The Kier molecular flexibility index (Phi) is 2.10. The second-order valence-corrected chi connectivity index (χ2v) is 2.28. The third-order valence-electron chi connectivity index (χ3n) is 1.16. The lowest BCUT2D eigenvalue weighted by Gasteiger charge is -1.95. The summed E-state index contributed by atoms with van der Waals surface area (Å²) in [5.74, 6) is -1.05. The molecule has 0 aromatic heterocycles. The number of carbonyl (C=O) groups is 1. The SMILES string of the molecule is O=C(Cl)c1ccc(O)cc1F. The third-order valence-corrected chi connectivity index (χ3v) is 1.37. The number of carbonyl (C=O) groups excluding carboxylic acids is 1. The molecule has 1 rings (SSSR count). The zero-order chi connectivity index (χ0) is 8.43. The van der Waals surface area contributed by atoms with Crippen molar-refractivity contribution in [2.24, 2.45) is 0 Å². The van der Waals surface area contributed by atoms with Crippen LogP contribution in [0.15, 0.2) is 18.2 Å². The number of hydrogen-bond donors (Lipinski definition) is 1. The van der Waals surface area contributed by atoms with Crippen LogP contribution in [0.1, 0.15) is 10.4 Å². The molecule has 0 bridgehead atoms. The van der Waals surface area contributed by atoms with Crippen LogP contribution in [-0.2, 0) is 0 Å². The molecule has 2 nitrogen and oxygen atoms in total. The predicted octanol–water partition coefficient (Wildman–Crippen LogP) is 1.91. The van der Waals surface area contributed by atoms with Crippen LogP contribution in [0.3, 0.4) is 0 Å². The molecule has 1 N–H and O–H groups in total. The number of hydrogen-bond acceptors (Lipinski definition) is 2. The lowest BCUT2D eigenvalue weighted by Crippen LogP contribution is -1.92. The molecule has 0 aliphatic rings. The van der Waals surface area contributed by atoms with Gasteiger partial charge in [-0.05, 0) is 23.7 Å². The Labute approximate surface area is 67.2 Å². The van der Waals surface area contributed by atoms with Crippen LogP contribution >= 0.6 is 11.6 Å². The van der Waals surface area contributed by atoms with E-state index in [0.717, 1.165) is 12.1 Å². The summed E-state index contributed by atoms with van der Waals surface area (Å²) in [4.78, 5) is 10.4. The van der Waals surface area contributed by atoms with Crippen LogP contribution in [0.4, 0.5) is 4.39 Å². The molecule has 0 saturated carbocycles. The van der Waals surface area contributed by atoms with E-state index in [0.29, 0.717) is 0 Å². The average Bonchev–Trinajstić information content (AvgIpc) is 1.85. The summed E-state index contributed by atoms with van der Waals surface area (Å²) in [5.41, 5.74) is -0.232. The third kappa shape index (κ3) is 1.68. The lowest BCUT2D eigenvalue weighted by atomic mass is 10.2. The van der Waals surface area contributed by atoms with Gasteiger partial charge in [0.2, 0.25) is 0 Å². The first kappa shape index (κ1) is 8.01. The first-order chi connectivity index (χ1) is 5.11. The maximum atomic E-state index is 12.6. The number of aromatic hydroxyl groups is 1. The fourth-order valence-electron chi connectivity index (χ4n) is 0.663. The number of halogens is 2. The molecule has 0 fully saturated rings. The van der Waals surface area contributed by atoms with Crippen molar-refractivity contribution in [1.29, 1.82) is 0 Å².